The van der Waals surface area contributed by atoms with Gasteiger partial charge in [0, 0.05) is 17.3 Å². The molecule has 1 aromatic heterocycles. The van der Waals surface area contributed by atoms with E-state index in [-0.39, 0.29) is 11.3 Å². The molecule has 112 valence electrons. The molecule has 6 heteroatoms. The molecule has 0 aliphatic heterocycles. The molecule has 2 aromatic carbocycles. The maximum absolute atomic E-state index is 11.1. The lowest BCUT2D eigenvalue weighted by Crippen LogP contribution is -2.05. The van der Waals surface area contributed by atoms with Gasteiger partial charge in [-0.1, -0.05) is 30.3 Å². The number of hydrogen-bond acceptors (Lipinski definition) is 5. The molecular weight excluding hydrogens is 292 g/mol. The van der Waals surface area contributed by atoms with Crippen LogP contribution in [0.1, 0.15) is 21.6 Å². The van der Waals surface area contributed by atoms with E-state index in [1.165, 1.54) is 12.1 Å². The Bertz CT molecular complexity index is 917. The number of fused-ring (bicyclic) bond motifs is 1. The number of nitrogens with zero attached hydrogens (tertiary/aromatic N) is 3. The van der Waals surface area contributed by atoms with Gasteiger partial charge in [-0.15, -0.1) is 10.2 Å². The zero-order valence-corrected chi connectivity index (χ0v) is 12.0. The summed E-state index contributed by atoms with van der Waals surface area (Å²) in [5, 5.41) is 30.5. The van der Waals surface area contributed by atoms with Gasteiger partial charge in [0.05, 0.1) is 5.56 Å². The maximum Gasteiger partial charge on any atom is 0.335 e. The third-order valence-electron chi connectivity index (χ3n) is 3.44. The predicted octanol–water partition coefficient (Wildman–Crippen LogP) is 2.81. The largest absolute Gasteiger partial charge is 0.478 e. The SMILES string of the molecule is N#Cc1nnc(NCc2ccccc2)c2ccc(C(=O)O)cc12. The molecule has 0 spiro atoms. The van der Waals surface area contributed by atoms with Gasteiger partial charge in [0.25, 0.3) is 0 Å². The topological polar surface area (TPSA) is 98.9 Å². The standard InChI is InChI=1S/C17H12N4O2/c18-9-15-14-8-12(17(22)23)6-7-13(14)16(21-20-15)19-10-11-4-2-1-3-5-11/h1-8H,10H2,(H,19,21)(H,22,23). The van der Waals surface area contributed by atoms with Gasteiger partial charge >= 0.3 is 5.97 Å². The van der Waals surface area contributed by atoms with Crippen molar-refractivity contribution in [2.75, 3.05) is 5.32 Å². The van der Waals surface area contributed by atoms with Gasteiger partial charge in [0.15, 0.2) is 11.5 Å². The second-order valence-electron chi connectivity index (χ2n) is 4.91. The number of benzene rings is 2. The van der Waals surface area contributed by atoms with Gasteiger partial charge < -0.3 is 10.4 Å². The third kappa shape index (κ3) is 2.94. The van der Waals surface area contributed by atoms with E-state index in [2.05, 4.69) is 15.5 Å². The Balaban J connectivity index is 2.01. The molecule has 6 nitrogen and oxygen atoms in total. The van der Waals surface area contributed by atoms with E-state index in [1.807, 2.05) is 36.4 Å². The fourth-order valence-electron chi connectivity index (χ4n) is 2.28. The molecule has 0 aliphatic carbocycles. The molecule has 2 N–H and O–H groups in total. The molecule has 0 atom stereocenters. The molecule has 0 amide bonds. The van der Waals surface area contributed by atoms with Crippen LogP contribution in [-0.2, 0) is 6.54 Å². The second kappa shape index (κ2) is 6.12. The Morgan fingerprint density at radius 2 is 1.91 bits per heavy atom. The average Bonchev–Trinajstić information content (AvgIpc) is 2.60. The molecule has 0 saturated carbocycles. The number of nitrogens with one attached hydrogen (secondary N) is 1. The highest BCUT2D eigenvalue weighted by molar-refractivity contribution is 5.99. The first-order chi connectivity index (χ1) is 11.2. The van der Waals surface area contributed by atoms with Crippen LogP contribution in [0, 0.1) is 11.3 Å². The number of carboxylic acid groups (broad SMARTS) is 1. The Kier molecular flexibility index (Phi) is 3.85. The number of carboxylic acids is 1. The van der Waals surface area contributed by atoms with Crippen molar-refractivity contribution in [1.82, 2.24) is 10.2 Å². The van der Waals surface area contributed by atoms with Gasteiger partial charge in [-0.3, -0.25) is 0 Å². The Morgan fingerprint density at radius 1 is 1.13 bits per heavy atom. The second-order valence-corrected chi connectivity index (χ2v) is 4.91. The first-order valence-electron chi connectivity index (χ1n) is 6.90. The fourth-order valence-corrected chi connectivity index (χ4v) is 2.28. The van der Waals surface area contributed by atoms with Crippen LogP contribution in [0.2, 0.25) is 0 Å². The minimum atomic E-state index is -1.05. The minimum Gasteiger partial charge on any atom is -0.478 e. The first kappa shape index (κ1) is 14.5. The van der Waals surface area contributed by atoms with Crippen LogP contribution in [0.25, 0.3) is 10.8 Å². The van der Waals surface area contributed by atoms with Gasteiger partial charge in [-0.05, 0) is 23.8 Å². The smallest absolute Gasteiger partial charge is 0.335 e. The molecule has 1 heterocycles. The summed E-state index contributed by atoms with van der Waals surface area (Å²) in [4.78, 5) is 11.1. The minimum absolute atomic E-state index is 0.105. The predicted molar refractivity (Wildman–Crippen MR) is 85.0 cm³/mol. The number of carbonyl (C=O) groups is 1. The highest BCUT2D eigenvalue weighted by Crippen LogP contribution is 2.24. The molecule has 0 bridgehead atoms. The van der Waals surface area contributed by atoms with E-state index >= 15 is 0 Å². The van der Waals surface area contributed by atoms with Crippen molar-refractivity contribution in [2.24, 2.45) is 0 Å². The molecule has 0 unspecified atom stereocenters. The third-order valence-corrected chi connectivity index (χ3v) is 3.44. The molecular formula is C17H12N4O2. The average molecular weight is 304 g/mol. The lowest BCUT2D eigenvalue weighted by molar-refractivity contribution is 0.0697. The number of nitriles is 1. The first-order valence-corrected chi connectivity index (χ1v) is 6.90. The van der Waals surface area contributed by atoms with Crippen molar-refractivity contribution in [3.8, 4) is 6.07 Å². The normalized spacial score (nSPS) is 10.2. The van der Waals surface area contributed by atoms with Gasteiger partial charge in [-0.2, -0.15) is 5.26 Å². The van der Waals surface area contributed by atoms with E-state index in [0.717, 1.165) is 5.56 Å². The molecule has 0 aliphatic rings. The van der Waals surface area contributed by atoms with Crippen molar-refractivity contribution in [1.29, 1.82) is 5.26 Å². The van der Waals surface area contributed by atoms with Crippen molar-refractivity contribution < 1.29 is 9.90 Å². The Labute approximate surface area is 132 Å². The number of aromatic carboxylic acids is 1. The summed E-state index contributed by atoms with van der Waals surface area (Å²) in [6, 6.07) is 16.3. The number of anilines is 1. The van der Waals surface area contributed by atoms with E-state index in [4.69, 9.17) is 10.4 Å². The van der Waals surface area contributed by atoms with E-state index in [0.29, 0.717) is 23.1 Å². The van der Waals surface area contributed by atoms with E-state index in [1.54, 1.807) is 6.07 Å². The van der Waals surface area contributed by atoms with Crippen LogP contribution in [0.15, 0.2) is 48.5 Å². The van der Waals surface area contributed by atoms with Crippen LogP contribution >= 0.6 is 0 Å². The summed E-state index contributed by atoms with van der Waals surface area (Å²) >= 11 is 0. The van der Waals surface area contributed by atoms with Crippen molar-refractivity contribution in [3.05, 3.63) is 65.4 Å². The zero-order chi connectivity index (χ0) is 16.2. The van der Waals surface area contributed by atoms with Gasteiger partial charge in [-0.25, -0.2) is 4.79 Å². The van der Waals surface area contributed by atoms with Crippen molar-refractivity contribution >= 4 is 22.6 Å². The molecule has 0 saturated heterocycles. The zero-order valence-electron chi connectivity index (χ0n) is 12.0. The van der Waals surface area contributed by atoms with Crippen molar-refractivity contribution in [2.45, 2.75) is 6.54 Å². The number of hydrogen-bond donors (Lipinski definition) is 2. The van der Waals surface area contributed by atoms with Gasteiger partial charge in [0.1, 0.15) is 6.07 Å². The lowest BCUT2D eigenvalue weighted by atomic mass is 10.1. The fraction of sp³-hybridized carbons (Fsp3) is 0.0588. The quantitative estimate of drug-likeness (QED) is 0.769. The van der Waals surface area contributed by atoms with Crippen LogP contribution in [0.4, 0.5) is 5.82 Å². The highest BCUT2D eigenvalue weighted by atomic mass is 16.4. The highest BCUT2D eigenvalue weighted by Gasteiger charge is 2.12. The molecule has 0 fully saturated rings. The van der Waals surface area contributed by atoms with E-state index < -0.39 is 5.97 Å². The van der Waals surface area contributed by atoms with Crippen LogP contribution < -0.4 is 5.32 Å². The van der Waals surface area contributed by atoms with E-state index in [9.17, 15) is 4.79 Å². The molecule has 23 heavy (non-hydrogen) atoms. The lowest BCUT2D eigenvalue weighted by Gasteiger charge is -2.09. The summed E-state index contributed by atoms with van der Waals surface area (Å²) in [5.74, 6) is -0.536. The summed E-state index contributed by atoms with van der Waals surface area (Å²) < 4.78 is 0. The summed E-state index contributed by atoms with van der Waals surface area (Å²) in [6.45, 7) is 0.553. The summed E-state index contributed by atoms with van der Waals surface area (Å²) in [6.07, 6.45) is 0. The number of rotatable bonds is 4. The molecule has 3 rings (SSSR count). The summed E-state index contributed by atoms with van der Waals surface area (Å²) in [5.41, 5.74) is 1.29. The van der Waals surface area contributed by atoms with Gasteiger partial charge in [0.2, 0.25) is 0 Å². The Morgan fingerprint density at radius 3 is 2.61 bits per heavy atom. The molecule has 3 aromatic rings. The monoisotopic (exact) mass is 304 g/mol. The maximum atomic E-state index is 11.1. The Hall–Kier alpha value is -3.46. The summed E-state index contributed by atoms with van der Waals surface area (Å²) in [7, 11) is 0. The van der Waals surface area contributed by atoms with Crippen LogP contribution in [0.5, 0.6) is 0 Å². The number of aromatic nitrogens is 2. The van der Waals surface area contributed by atoms with Crippen molar-refractivity contribution in [3.63, 3.8) is 0 Å². The molecule has 0 radical (unpaired) electrons. The van der Waals surface area contributed by atoms with Crippen LogP contribution in [0.3, 0.4) is 0 Å². The van der Waals surface area contributed by atoms with Crippen LogP contribution in [-0.4, -0.2) is 21.3 Å².